The molecule has 6 aliphatic rings. The summed E-state index contributed by atoms with van der Waals surface area (Å²) in [6, 6.07) is 0. The van der Waals surface area contributed by atoms with Gasteiger partial charge in [-0.1, -0.05) is 32.6 Å². The van der Waals surface area contributed by atoms with Crippen LogP contribution in [-0.2, 0) is 19.1 Å². The van der Waals surface area contributed by atoms with Crippen LogP contribution in [0, 0.1) is 45.3 Å². The molecule has 2 heterocycles. The van der Waals surface area contributed by atoms with Crippen LogP contribution in [0.1, 0.15) is 117 Å². The van der Waals surface area contributed by atoms with Crippen LogP contribution in [0.2, 0.25) is 0 Å². The van der Waals surface area contributed by atoms with Gasteiger partial charge >= 0.3 is 11.9 Å². The van der Waals surface area contributed by atoms with Gasteiger partial charge < -0.3 is 19.7 Å². The second kappa shape index (κ2) is 9.87. The van der Waals surface area contributed by atoms with Gasteiger partial charge in [0.2, 0.25) is 0 Å². The van der Waals surface area contributed by atoms with Crippen LogP contribution in [0.25, 0.3) is 0 Å². The van der Waals surface area contributed by atoms with E-state index in [2.05, 4.69) is 25.7 Å². The number of carbonyl (C=O) groups excluding carboxylic acids is 2. The van der Waals surface area contributed by atoms with Crippen LogP contribution in [0.3, 0.4) is 0 Å². The molecule has 6 nitrogen and oxygen atoms in total. The molecule has 7 atom stereocenters. The van der Waals surface area contributed by atoms with Gasteiger partial charge in [0.25, 0.3) is 0 Å². The first-order chi connectivity index (χ1) is 18.9. The lowest BCUT2D eigenvalue weighted by molar-refractivity contribution is -0.305. The third-order valence-corrected chi connectivity index (χ3v) is 13.1. The monoisotopic (exact) mass is 552 g/mol. The molecule has 4 saturated carbocycles. The molecule has 0 aromatic carbocycles. The first-order valence-corrected chi connectivity index (χ1v) is 15.9. The molecule has 2 bridgehead atoms. The number of carbonyl (C=O) groups is 2. The van der Waals surface area contributed by atoms with E-state index in [9.17, 15) is 19.8 Å². The van der Waals surface area contributed by atoms with Crippen molar-refractivity contribution in [3.05, 3.63) is 11.6 Å². The molecule has 4 fully saturated rings. The highest BCUT2D eigenvalue weighted by Gasteiger charge is 2.74. The van der Waals surface area contributed by atoms with E-state index in [1.807, 2.05) is 6.92 Å². The molecule has 6 rings (SSSR count). The summed E-state index contributed by atoms with van der Waals surface area (Å²) < 4.78 is 11.5. The summed E-state index contributed by atoms with van der Waals surface area (Å²) in [7, 11) is 0. The van der Waals surface area contributed by atoms with Gasteiger partial charge in [-0.3, -0.25) is 4.79 Å². The van der Waals surface area contributed by atoms with Crippen LogP contribution in [-0.4, -0.2) is 46.6 Å². The lowest BCUT2D eigenvalue weighted by Gasteiger charge is -2.70. The highest BCUT2D eigenvalue weighted by molar-refractivity contribution is 5.85. The smallest absolute Gasteiger partial charge is 0.331 e. The van der Waals surface area contributed by atoms with Crippen molar-refractivity contribution in [1.82, 2.24) is 0 Å². The summed E-state index contributed by atoms with van der Waals surface area (Å²) in [5.74, 6) is 6.33. The fraction of sp³-hybridized carbons (Fsp3) is 0.824. The average Bonchev–Trinajstić information content (AvgIpc) is 3.56. The Kier molecular flexibility index (Phi) is 6.98. The Balaban J connectivity index is 1.42. The Morgan fingerprint density at radius 2 is 1.75 bits per heavy atom. The summed E-state index contributed by atoms with van der Waals surface area (Å²) in [6.07, 6.45) is 14.1. The topological polar surface area (TPSA) is 93.1 Å². The van der Waals surface area contributed by atoms with Gasteiger partial charge in [-0.2, -0.15) is 0 Å². The van der Waals surface area contributed by atoms with Gasteiger partial charge in [-0.05, 0) is 93.5 Å². The molecular weight excluding hydrogens is 504 g/mol. The first kappa shape index (κ1) is 28.3. The van der Waals surface area contributed by atoms with Crippen LogP contribution >= 0.6 is 0 Å². The number of ether oxygens (including phenoxy) is 2. The van der Waals surface area contributed by atoms with Gasteiger partial charge in [0.15, 0.2) is 0 Å². The number of hydrogen-bond donors (Lipinski definition) is 2. The Morgan fingerprint density at radius 3 is 2.42 bits per heavy atom. The molecule has 7 unspecified atom stereocenters. The summed E-state index contributed by atoms with van der Waals surface area (Å²) in [5.41, 5.74) is -1.96. The molecule has 6 heteroatoms. The average molecular weight is 553 g/mol. The molecule has 2 N–H and O–H groups in total. The predicted octanol–water partition coefficient (Wildman–Crippen LogP) is 5.63. The van der Waals surface area contributed by atoms with Gasteiger partial charge in [-0.15, -0.1) is 5.92 Å². The number of aliphatic hydroxyl groups is 2. The van der Waals surface area contributed by atoms with Crippen molar-refractivity contribution in [2.24, 2.45) is 33.5 Å². The molecule has 0 amide bonds. The highest BCUT2D eigenvalue weighted by Crippen LogP contribution is 2.70. The van der Waals surface area contributed by atoms with Crippen molar-refractivity contribution >= 4 is 11.9 Å². The Bertz CT molecular complexity index is 1130. The molecule has 1 spiro atoms. The number of cyclic esters (lactones) is 1. The van der Waals surface area contributed by atoms with Crippen LogP contribution in [0.15, 0.2) is 11.6 Å². The van der Waals surface area contributed by atoms with Crippen molar-refractivity contribution in [2.75, 3.05) is 6.61 Å². The quantitative estimate of drug-likeness (QED) is 0.347. The standard InChI is InChI=1S/C34H48O6/c1-30-13-5-4-8-27(36)40-25(21-30)29-31(2,24-10-17-33(18-11-24)14-6-7-15-33)16-12-26(35)32(29,3)34(30,38)19-9-23-20-28(37)39-22-23/h20,24-26,29,35,38H,4,6-12,14-19,21-22H2,1-3H3. The maximum absolute atomic E-state index is 13.1. The van der Waals surface area contributed by atoms with Crippen LogP contribution in [0.5, 0.6) is 0 Å². The number of aliphatic hydroxyl groups excluding tert-OH is 1. The van der Waals surface area contributed by atoms with Crippen molar-refractivity contribution < 1.29 is 29.3 Å². The summed E-state index contributed by atoms with van der Waals surface area (Å²) >= 11 is 0. The number of rotatable bonds is 4. The summed E-state index contributed by atoms with van der Waals surface area (Å²) in [4.78, 5) is 24.8. The lowest BCUT2D eigenvalue weighted by atomic mass is 9.37. The van der Waals surface area contributed by atoms with Crippen molar-refractivity contribution in [2.45, 2.75) is 135 Å². The number of esters is 2. The molecule has 40 heavy (non-hydrogen) atoms. The van der Waals surface area contributed by atoms with E-state index < -0.39 is 28.6 Å². The zero-order valence-electron chi connectivity index (χ0n) is 24.7. The fourth-order valence-corrected chi connectivity index (χ4v) is 10.8. The van der Waals surface area contributed by atoms with E-state index in [0.29, 0.717) is 43.4 Å². The minimum atomic E-state index is -1.35. The van der Waals surface area contributed by atoms with E-state index in [4.69, 9.17) is 9.47 Å². The van der Waals surface area contributed by atoms with Crippen LogP contribution < -0.4 is 0 Å². The second-order valence-corrected chi connectivity index (χ2v) is 14.9. The zero-order chi connectivity index (χ0) is 28.4. The highest BCUT2D eigenvalue weighted by atomic mass is 16.5. The van der Waals surface area contributed by atoms with Gasteiger partial charge in [0.1, 0.15) is 12.7 Å². The van der Waals surface area contributed by atoms with Gasteiger partial charge in [-0.25, -0.2) is 4.79 Å². The zero-order valence-corrected chi connectivity index (χ0v) is 24.7. The summed E-state index contributed by atoms with van der Waals surface area (Å²) in [5, 5.41) is 25.1. The summed E-state index contributed by atoms with van der Waals surface area (Å²) in [6.45, 7) is 6.69. The Hall–Kier alpha value is -1.84. The molecular formula is C34H48O6. The molecule has 4 aliphatic carbocycles. The lowest BCUT2D eigenvalue weighted by Crippen LogP contribution is -2.75. The molecule has 220 valence electrons. The van der Waals surface area contributed by atoms with Gasteiger partial charge in [0, 0.05) is 30.3 Å². The molecule has 0 aromatic heterocycles. The number of hydrogen-bond acceptors (Lipinski definition) is 6. The third-order valence-electron chi connectivity index (χ3n) is 13.1. The number of fused-ring (bicyclic) bond motifs is 4. The van der Waals surface area contributed by atoms with Crippen LogP contribution in [0.4, 0.5) is 0 Å². The Morgan fingerprint density at radius 1 is 1.02 bits per heavy atom. The second-order valence-electron chi connectivity index (χ2n) is 14.9. The maximum atomic E-state index is 13.1. The maximum Gasteiger partial charge on any atom is 0.331 e. The third kappa shape index (κ3) is 4.20. The predicted molar refractivity (Wildman–Crippen MR) is 151 cm³/mol. The normalized spacial score (nSPS) is 44.8. The van der Waals surface area contributed by atoms with E-state index in [1.54, 1.807) is 0 Å². The van der Waals surface area contributed by atoms with Gasteiger partial charge in [0.05, 0.1) is 23.5 Å². The SMILES string of the molecule is CC1(C2CCC3(CCCC3)CC2)CCC(O)C2(C)C1C1CC(C)(C#CCCC(=O)O1)C2(O)CCC1=CC(=O)OC1. The van der Waals surface area contributed by atoms with Crippen molar-refractivity contribution in [3.8, 4) is 11.8 Å². The van der Waals surface area contributed by atoms with E-state index >= 15 is 0 Å². The minimum Gasteiger partial charge on any atom is -0.462 e. The molecule has 0 aromatic rings. The van der Waals surface area contributed by atoms with E-state index in [-0.39, 0.29) is 36.3 Å². The fourth-order valence-electron chi connectivity index (χ4n) is 10.8. The first-order valence-electron chi connectivity index (χ1n) is 15.9. The largest absolute Gasteiger partial charge is 0.462 e. The molecule has 0 radical (unpaired) electrons. The molecule has 0 saturated heterocycles. The van der Waals surface area contributed by atoms with E-state index in [0.717, 1.165) is 12.0 Å². The molecule has 2 aliphatic heterocycles. The Labute approximate surface area is 239 Å². The van der Waals surface area contributed by atoms with Crippen molar-refractivity contribution in [3.63, 3.8) is 0 Å². The minimum absolute atomic E-state index is 0.179. The van der Waals surface area contributed by atoms with Crippen molar-refractivity contribution in [1.29, 1.82) is 0 Å². The van der Waals surface area contributed by atoms with E-state index in [1.165, 1.54) is 57.4 Å².